The summed E-state index contributed by atoms with van der Waals surface area (Å²) in [7, 11) is -1.61. The summed E-state index contributed by atoms with van der Waals surface area (Å²) < 4.78 is 6.75. The highest BCUT2D eigenvalue weighted by atomic mass is 28.3. The Balaban J connectivity index is 2.36. The van der Waals surface area contributed by atoms with E-state index in [4.69, 9.17) is 10.5 Å². The third-order valence-corrected chi connectivity index (χ3v) is 5.25. The van der Waals surface area contributed by atoms with E-state index in [0.29, 0.717) is 22.3 Å². The van der Waals surface area contributed by atoms with Crippen LogP contribution in [0.15, 0.2) is 59.4 Å². The zero-order valence-corrected chi connectivity index (χ0v) is 18.0. The Morgan fingerprint density at radius 3 is 2.41 bits per heavy atom. The molecule has 1 atom stereocenters. The van der Waals surface area contributed by atoms with Crippen molar-refractivity contribution in [1.82, 2.24) is 4.57 Å². The van der Waals surface area contributed by atoms with E-state index in [0.717, 1.165) is 5.39 Å². The molecule has 1 aromatic heterocycles. The summed E-state index contributed by atoms with van der Waals surface area (Å²) in [5, 5.41) is 1.30. The lowest BCUT2D eigenvalue weighted by Gasteiger charge is -2.20. The summed E-state index contributed by atoms with van der Waals surface area (Å²) in [6, 6.07) is 16.7. The second-order valence-corrected chi connectivity index (χ2v) is 12.6. The molecule has 1 heterocycles. The fraction of sp³-hybridized carbons (Fsp3) is 0.217. The summed E-state index contributed by atoms with van der Waals surface area (Å²) in [5.74, 6) is 3.22. The molecule has 0 fully saturated rings. The van der Waals surface area contributed by atoms with E-state index in [1.54, 1.807) is 11.5 Å². The second kappa shape index (κ2) is 7.98. The first kappa shape index (κ1) is 20.4. The predicted octanol–water partition coefficient (Wildman–Crippen LogP) is 4.38. The number of carbonyl (C=O) groups excluding carboxylic acids is 1. The number of nitrogens with two attached hydrogens (primary N) is 1. The minimum Gasteiger partial charge on any atom is -0.440 e. The van der Waals surface area contributed by atoms with Crippen molar-refractivity contribution in [3.63, 3.8) is 0 Å². The number of primary amides is 1. The molecule has 3 aromatic rings. The number of ether oxygens (including phenoxy) is 1. The van der Waals surface area contributed by atoms with Crippen LogP contribution in [0.2, 0.25) is 19.6 Å². The molecule has 0 bridgehead atoms. The van der Waals surface area contributed by atoms with Gasteiger partial charge in [-0.1, -0.05) is 55.9 Å². The molecule has 0 unspecified atom stereocenters. The van der Waals surface area contributed by atoms with Crippen LogP contribution in [0, 0.1) is 11.5 Å². The first-order valence-electron chi connectivity index (χ1n) is 9.41. The molecule has 148 valence electrons. The molecular formula is C23H24N2O3Si. The first-order valence-corrected chi connectivity index (χ1v) is 12.9. The first-order chi connectivity index (χ1) is 13.7. The van der Waals surface area contributed by atoms with E-state index in [1.165, 1.54) is 0 Å². The van der Waals surface area contributed by atoms with Crippen molar-refractivity contribution in [3.8, 4) is 17.2 Å². The lowest BCUT2D eigenvalue weighted by atomic mass is 10.0. The number of carbonyl (C=O) groups is 1. The van der Waals surface area contributed by atoms with Gasteiger partial charge in [-0.05, 0) is 36.6 Å². The van der Waals surface area contributed by atoms with Crippen molar-refractivity contribution >= 4 is 24.9 Å². The molecule has 0 saturated carbocycles. The average molecular weight is 405 g/mol. The number of aromatic nitrogens is 1. The van der Waals surface area contributed by atoms with Crippen molar-refractivity contribution in [1.29, 1.82) is 0 Å². The number of hydrogen-bond donors (Lipinski definition) is 1. The molecule has 0 aliphatic carbocycles. The summed E-state index contributed by atoms with van der Waals surface area (Å²) in [5.41, 5.74) is 10.3. The average Bonchev–Trinajstić information content (AvgIpc) is 2.65. The van der Waals surface area contributed by atoms with Crippen LogP contribution in [-0.2, 0) is 4.74 Å². The number of fused-ring (bicyclic) bond motifs is 1. The molecule has 2 N–H and O–H groups in total. The van der Waals surface area contributed by atoms with E-state index < -0.39 is 20.3 Å². The van der Waals surface area contributed by atoms with Gasteiger partial charge < -0.3 is 10.5 Å². The van der Waals surface area contributed by atoms with Crippen LogP contribution in [0.1, 0.15) is 24.3 Å². The van der Waals surface area contributed by atoms with Gasteiger partial charge in [0, 0.05) is 11.3 Å². The van der Waals surface area contributed by atoms with Gasteiger partial charge in [-0.3, -0.25) is 9.36 Å². The van der Waals surface area contributed by atoms with Gasteiger partial charge in [-0.2, -0.15) is 0 Å². The Labute approximate surface area is 171 Å². The SMILES string of the molecule is C[C@H](OC(N)=O)c1cc2cccc(C#C[Si](C)(C)C)c2c(=O)n1-c1ccccc1. The molecule has 2 aromatic carbocycles. The highest BCUT2D eigenvalue weighted by Crippen LogP contribution is 2.24. The number of pyridine rings is 1. The number of hydrogen-bond acceptors (Lipinski definition) is 3. The Bertz CT molecular complexity index is 1180. The van der Waals surface area contributed by atoms with E-state index >= 15 is 0 Å². The quantitative estimate of drug-likeness (QED) is 0.520. The van der Waals surface area contributed by atoms with Gasteiger partial charge in [0.05, 0.1) is 11.1 Å². The number of nitrogens with zero attached hydrogens (tertiary/aromatic N) is 1. The van der Waals surface area contributed by atoms with E-state index in [2.05, 4.69) is 31.1 Å². The Kier molecular flexibility index (Phi) is 5.62. The number of para-hydroxylation sites is 1. The van der Waals surface area contributed by atoms with Gasteiger partial charge in [0.1, 0.15) is 14.2 Å². The van der Waals surface area contributed by atoms with Crippen LogP contribution in [0.25, 0.3) is 16.5 Å². The normalized spacial score (nSPS) is 12.1. The smallest absolute Gasteiger partial charge is 0.405 e. The maximum absolute atomic E-state index is 13.6. The number of benzene rings is 2. The van der Waals surface area contributed by atoms with E-state index in [9.17, 15) is 9.59 Å². The van der Waals surface area contributed by atoms with Gasteiger partial charge in [-0.25, -0.2) is 4.79 Å². The summed E-state index contributed by atoms with van der Waals surface area (Å²) >= 11 is 0. The summed E-state index contributed by atoms with van der Waals surface area (Å²) in [4.78, 5) is 24.9. The number of rotatable bonds is 3. The summed E-state index contributed by atoms with van der Waals surface area (Å²) in [6.45, 7) is 8.18. The third-order valence-electron chi connectivity index (χ3n) is 4.37. The van der Waals surface area contributed by atoms with Crippen molar-refractivity contribution in [3.05, 3.63) is 76.2 Å². The van der Waals surface area contributed by atoms with Crippen LogP contribution in [0.5, 0.6) is 0 Å². The minimum atomic E-state index is -1.61. The molecule has 3 rings (SSSR count). The summed E-state index contributed by atoms with van der Waals surface area (Å²) in [6.07, 6.45) is -1.58. The molecule has 6 heteroatoms. The van der Waals surface area contributed by atoms with Crippen LogP contribution in [0.4, 0.5) is 4.79 Å². The maximum Gasteiger partial charge on any atom is 0.405 e. The molecule has 0 radical (unpaired) electrons. The third kappa shape index (κ3) is 4.58. The maximum atomic E-state index is 13.6. The molecule has 29 heavy (non-hydrogen) atoms. The van der Waals surface area contributed by atoms with Crippen molar-refractivity contribution in [2.24, 2.45) is 5.73 Å². The standard InChI is InChI=1S/C23H24N2O3Si/c1-16(28-23(24)27)20-15-18-10-8-9-17(13-14-29(2,3)4)21(18)22(26)25(20)19-11-6-5-7-12-19/h5-12,15-16H,1-4H3,(H2,24,27)/t16-/m0/s1. The van der Waals surface area contributed by atoms with Crippen LogP contribution in [0.3, 0.4) is 0 Å². The minimum absolute atomic E-state index is 0.205. The van der Waals surface area contributed by atoms with Gasteiger partial charge in [0.2, 0.25) is 0 Å². The highest BCUT2D eigenvalue weighted by Gasteiger charge is 2.19. The predicted molar refractivity (Wildman–Crippen MR) is 119 cm³/mol. The van der Waals surface area contributed by atoms with Crippen LogP contribution < -0.4 is 11.3 Å². The van der Waals surface area contributed by atoms with Gasteiger partial charge in [0.15, 0.2) is 0 Å². The van der Waals surface area contributed by atoms with E-state index in [-0.39, 0.29) is 5.56 Å². The zero-order valence-electron chi connectivity index (χ0n) is 17.0. The Morgan fingerprint density at radius 1 is 1.10 bits per heavy atom. The zero-order chi connectivity index (χ0) is 21.2. The lowest BCUT2D eigenvalue weighted by molar-refractivity contribution is 0.113. The molecule has 1 amide bonds. The topological polar surface area (TPSA) is 74.3 Å². The molecule has 0 saturated heterocycles. The molecule has 0 spiro atoms. The van der Waals surface area contributed by atoms with E-state index in [1.807, 2.05) is 54.6 Å². The fourth-order valence-corrected chi connectivity index (χ4v) is 3.63. The van der Waals surface area contributed by atoms with Gasteiger partial charge in [0.25, 0.3) is 5.56 Å². The molecule has 0 aliphatic heterocycles. The Hall–Kier alpha value is -3.30. The monoisotopic (exact) mass is 404 g/mol. The Morgan fingerprint density at radius 2 is 1.79 bits per heavy atom. The largest absolute Gasteiger partial charge is 0.440 e. The fourth-order valence-electron chi connectivity index (χ4n) is 3.12. The molecule has 0 aliphatic rings. The van der Waals surface area contributed by atoms with Gasteiger partial charge in [-0.15, -0.1) is 5.54 Å². The van der Waals surface area contributed by atoms with Crippen molar-refractivity contribution in [2.45, 2.75) is 32.7 Å². The molecular weight excluding hydrogens is 380 g/mol. The second-order valence-electron chi connectivity index (χ2n) is 7.89. The van der Waals surface area contributed by atoms with Crippen LogP contribution >= 0.6 is 0 Å². The van der Waals surface area contributed by atoms with Crippen molar-refractivity contribution in [2.75, 3.05) is 0 Å². The van der Waals surface area contributed by atoms with Gasteiger partial charge >= 0.3 is 6.09 Å². The number of amides is 1. The highest BCUT2D eigenvalue weighted by molar-refractivity contribution is 6.83. The van der Waals surface area contributed by atoms with Crippen LogP contribution in [-0.4, -0.2) is 18.7 Å². The lowest BCUT2D eigenvalue weighted by Crippen LogP contribution is -2.26. The van der Waals surface area contributed by atoms with Crippen molar-refractivity contribution < 1.29 is 9.53 Å². The molecule has 5 nitrogen and oxygen atoms in total.